The van der Waals surface area contributed by atoms with Crippen LogP contribution in [0.25, 0.3) is 0 Å². The number of hydrogen-bond donors (Lipinski definition) is 2. The Kier molecular flexibility index (Phi) is 4.56. The monoisotopic (exact) mass is 215 g/mol. The molecule has 0 heterocycles. The minimum absolute atomic E-state index is 0.193. The van der Waals surface area contributed by atoms with Gasteiger partial charge in [0.2, 0.25) is 0 Å². The van der Waals surface area contributed by atoms with Crippen molar-refractivity contribution in [3.8, 4) is 0 Å². The summed E-state index contributed by atoms with van der Waals surface area (Å²) < 4.78 is 5.67. The fourth-order valence-electron chi connectivity index (χ4n) is 2.24. The van der Waals surface area contributed by atoms with Gasteiger partial charge < -0.3 is 15.2 Å². The molecule has 1 saturated carbocycles. The van der Waals surface area contributed by atoms with Gasteiger partial charge in [-0.15, -0.1) is 0 Å². The SMILES string of the molecule is CCOC1CC(N[C@@H](CC)CO)C1(C)C. The smallest absolute Gasteiger partial charge is 0.0655 e. The summed E-state index contributed by atoms with van der Waals surface area (Å²) in [7, 11) is 0. The predicted octanol–water partition coefficient (Wildman–Crippen LogP) is 1.55. The lowest BCUT2D eigenvalue weighted by Gasteiger charge is -2.52. The average Bonchev–Trinajstić information content (AvgIpc) is 2.22. The zero-order chi connectivity index (χ0) is 11.5. The number of hydrogen-bond acceptors (Lipinski definition) is 3. The molecule has 2 N–H and O–H groups in total. The van der Waals surface area contributed by atoms with E-state index in [2.05, 4.69) is 26.1 Å². The van der Waals surface area contributed by atoms with Crippen LogP contribution in [0.15, 0.2) is 0 Å². The van der Waals surface area contributed by atoms with E-state index in [-0.39, 0.29) is 18.1 Å². The van der Waals surface area contributed by atoms with Gasteiger partial charge >= 0.3 is 0 Å². The molecule has 3 nitrogen and oxygen atoms in total. The van der Waals surface area contributed by atoms with Gasteiger partial charge in [-0.25, -0.2) is 0 Å². The molecule has 1 aliphatic carbocycles. The first-order valence-electron chi connectivity index (χ1n) is 6.04. The largest absolute Gasteiger partial charge is 0.395 e. The van der Waals surface area contributed by atoms with Crippen molar-refractivity contribution in [3.63, 3.8) is 0 Å². The molecule has 3 atom stereocenters. The lowest BCUT2D eigenvalue weighted by molar-refractivity contribution is -0.117. The molecule has 0 radical (unpaired) electrons. The Morgan fingerprint density at radius 2 is 2.13 bits per heavy atom. The average molecular weight is 215 g/mol. The van der Waals surface area contributed by atoms with Crippen LogP contribution in [0.4, 0.5) is 0 Å². The topological polar surface area (TPSA) is 41.5 Å². The first-order chi connectivity index (χ1) is 7.06. The molecule has 0 bridgehead atoms. The summed E-state index contributed by atoms with van der Waals surface area (Å²) in [4.78, 5) is 0. The molecule has 0 aromatic heterocycles. The summed E-state index contributed by atoms with van der Waals surface area (Å²) in [5, 5.41) is 12.6. The van der Waals surface area contributed by atoms with E-state index in [1.54, 1.807) is 0 Å². The molecular formula is C12H25NO2. The zero-order valence-corrected chi connectivity index (χ0v) is 10.4. The highest BCUT2D eigenvalue weighted by molar-refractivity contribution is 5.03. The van der Waals surface area contributed by atoms with Crippen LogP contribution in [0.5, 0.6) is 0 Å². The van der Waals surface area contributed by atoms with Crippen molar-refractivity contribution in [1.82, 2.24) is 5.32 Å². The molecule has 0 saturated heterocycles. The predicted molar refractivity (Wildman–Crippen MR) is 61.9 cm³/mol. The maximum absolute atomic E-state index is 9.14. The fourth-order valence-corrected chi connectivity index (χ4v) is 2.24. The molecule has 15 heavy (non-hydrogen) atoms. The fraction of sp³-hybridized carbons (Fsp3) is 1.00. The minimum atomic E-state index is 0.193. The van der Waals surface area contributed by atoms with Gasteiger partial charge in [-0.1, -0.05) is 20.8 Å². The van der Waals surface area contributed by atoms with Gasteiger partial charge in [0.1, 0.15) is 0 Å². The Balaban J connectivity index is 2.40. The van der Waals surface area contributed by atoms with Gasteiger partial charge in [-0.3, -0.25) is 0 Å². The van der Waals surface area contributed by atoms with Crippen LogP contribution in [0, 0.1) is 5.41 Å². The van der Waals surface area contributed by atoms with Gasteiger partial charge in [-0.2, -0.15) is 0 Å². The molecule has 0 aliphatic heterocycles. The van der Waals surface area contributed by atoms with Gasteiger partial charge in [-0.05, 0) is 19.8 Å². The quantitative estimate of drug-likeness (QED) is 0.706. The molecule has 90 valence electrons. The van der Waals surface area contributed by atoms with Crippen molar-refractivity contribution in [1.29, 1.82) is 0 Å². The first-order valence-corrected chi connectivity index (χ1v) is 6.04. The number of rotatable bonds is 6. The van der Waals surface area contributed by atoms with Crippen LogP contribution in [0.2, 0.25) is 0 Å². The molecule has 0 aromatic carbocycles. The summed E-state index contributed by atoms with van der Waals surface area (Å²) in [5.74, 6) is 0. The summed E-state index contributed by atoms with van der Waals surface area (Å²) in [5.41, 5.74) is 0.193. The molecule has 0 aromatic rings. The Morgan fingerprint density at radius 3 is 2.53 bits per heavy atom. The summed E-state index contributed by atoms with van der Waals surface area (Å²) in [6.07, 6.45) is 2.41. The van der Waals surface area contributed by atoms with Crippen LogP contribution in [0.1, 0.15) is 40.5 Å². The molecule has 0 spiro atoms. The maximum atomic E-state index is 9.14. The Hall–Kier alpha value is -0.120. The minimum Gasteiger partial charge on any atom is -0.395 e. The van der Waals surface area contributed by atoms with E-state index in [1.807, 2.05) is 6.92 Å². The molecule has 3 heteroatoms. The standard InChI is InChI=1S/C12H25NO2/c1-5-9(8-14)13-10-7-11(15-6-2)12(10,3)4/h9-11,13-14H,5-8H2,1-4H3/t9-,10?,11?/m0/s1. The third-order valence-electron chi connectivity index (χ3n) is 3.70. The maximum Gasteiger partial charge on any atom is 0.0655 e. The van der Waals surface area contributed by atoms with Crippen LogP contribution in [-0.2, 0) is 4.74 Å². The van der Waals surface area contributed by atoms with Crippen molar-refractivity contribution in [2.45, 2.75) is 58.7 Å². The van der Waals surface area contributed by atoms with Crippen molar-refractivity contribution in [2.75, 3.05) is 13.2 Å². The van der Waals surface area contributed by atoms with Crippen molar-refractivity contribution < 1.29 is 9.84 Å². The lowest BCUT2D eigenvalue weighted by atomic mass is 9.64. The first kappa shape index (κ1) is 12.9. The van der Waals surface area contributed by atoms with E-state index in [1.165, 1.54) is 0 Å². The van der Waals surface area contributed by atoms with E-state index in [0.29, 0.717) is 12.1 Å². The van der Waals surface area contributed by atoms with Crippen LogP contribution in [0.3, 0.4) is 0 Å². The highest BCUT2D eigenvalue weighted by atomic mass is 16.5. The van der Waals surface area contributed by atoms with Crippen molar-refractivity contribution in [3.05, 3.63) is 0 Å². The number of nitrogens with one attached hydrogen (secondary N) is 1. The molecule has 1 aliphatic rings. The van der Waals surface area contributed by atoms with E-state index in [0.717, 1.165) is 19.4 Å². The Morgan fingerprint density at radius 1 is 1.47 bits per heavy atom. The zero-order valence-electron chi connectivity index (χ0n) is 10.4. The van der Waals surface area contributed by atoms with Crippen molar-refractivity contribution >= 4 is 0 Å². The highest BCUT2D eigenvalue weighted by Crippen LogP contribution is 2.42. The third kappa shape index (κ3) is 2.71. The normalized spacial score (nSPS) is 31.0. The van der Waals surface area contributed by atoms with Gasteiger partial charge in [0.15, 0.2) is 0 Å². The van der Waals surface area contributed by atoms with Crippen LogP contribution >= 0.6 is 0 Å². The van der Waals surface area contributed by atoms with Crippen molar-refractivity contribution in [2.24, 2.45) is 5.41 Å². The second kappa shape index (κ2) is 5.28. The van der Waals surface area contributed by atoms with Crippen LogP contribution < -0.4 is 5.32 Å². The van der Waals surface area contributed by atoms with E-state index < -0.39 is 0 Å². The second-order valence-corrected chi connectivity index (χ2v) is 5.01. The Labute approximate surface area is 93.2 Å². The highest BCUT2D eigenvalue weighted by Gasteiger charge is 2.49. The summed E-state index contributed by atoms with van der Waals surface area (Å²) in [6, 6.07) is 0.711. The van der Waals surface area contributed by atoms with Gasteiger partial charge in [0.05, 0.1) is 12.7 Å². The molecule has 1 rings (SSSR count). The molecule has 2 unspecified atom stereocenters. The molecule has 0 amide bonds. The summed E-state index contributed by atoms with van der Waals surface area (Å²) >= 11 is 0. The van der Waals surface area contributed by atoms with E-state index >= 15 is 0 Å². The number of aliphatic hydroxyl groups excluding tert-OH is 1. The van der Waals surface area contributed by atoms with Gasteiger partial charge in [0, 0.05) is 24.1 Å². The number of ether oxygens (including phenoxy) is 1. The Bertz CT molecular complexity index is 190. The lowest BCUT2D eigenvalue weighted by Crippen LogP contribution is -2.63. The van der Waals surface area contributed by atoms with E-state index in [9.17, 15) is 0 Å². The van der Waals surface area contributed by atoms with Crippen LogP contribution in [-0.4, -0.2) is 36.5 Å². The molecular weight excluding hydrogens is 190 g/mol. The van der Waals surface area contributed by atoms with E-state index in [4.69, 9.17) is 9.84 Å². The number of aliphatic hydroxyl groups is 1. The third-order valence-corrected chi connectivity index (χ3v) is 3.70. The van der Waals surface area contributed by atoms with Gasteiger partial charge in [0.25, 0.3) is 0 Å². The second-order valence-electron chi connectivity index (χ2n) is 5.01. The summed E-state index contributed by atoms with van der Waals surface area (Å²) in [6.45, 7) is 9.62. The molecule has 1 fully saturated rings.